The van der Waals surface area contributed by atoms with E-state index in [9.17, 15) is 14.9 Å². The number of carbonyl (C=O) groups is 1. The van der Waals surface area contributed by atoms with Crippen molar-refractivity contribution in [1.82, 2.24) is 10.6 Å². The van der Waals surface area contributed by atoms with Gasteiger partial charge in [0, 0.05) is 25.2 Å². The van der Waals surface area contributed by atoms with Crippen molar-refractivity contribution in [3.8, 4) is 17.2 Å². The van der Waals surface area contributed by atoms with E-state index in [-0.39, 0.29) is 29.4 Å². The van der Waals surface area contributed by atoms with Gasteiger partial charge in [0.25, 0.3) is 11.6 Å². The normalized spacial score (nSPS) is 12.9. The van der Waals surface area contributed by atoms with E-state index in [1.54, 1.807) is 31.4 Å². The van der Waals surface area contributed by atoms with Crippen LogP contribution in [0.15, 0.2) is 54.1 Å². The van der Waals surface area contributed by atoms with Gasteiger partial charge in [-0.1, -0.05) is 11.6 Å². The molecule has 2 aromatic rings. The summed E-state index contributed by atoms with van der Waals surface area (Å²) in [6.45, 7) is 2.03. The second-order valence-corrected chi connectivity index (χ2v) is 6.21. The number of non-ortho nitro benzene ring substituents is 1. The van der Waals surface area contributed by atoms with E-state index in [4.69, 9.17) is 9.47 Å². The minimum atomic E-state index is -0.538. The van der Waals surface area contributed by atoms with E-state index in [0.717, 1.165) is 25.1 Å². The third kappa shape index (κ3) is 5.94. The minimum Gasteiger partial charge on any atom is -0.497 e. The van der Waals surface area contributed by atoms with Gasteiger partial charge in [0.1, 0.15) is 17.2 Å². The molecule has 0 radical (unpaired) electrons. The summed E-state index contributed by atoms with van der Waals surface area (Å²) >= 11 is 0. The minimum absolute atomic E-state index is 0. The molecule has 0 unspecified atom stereocenters. The summed E-state index contributed by atoms with van der Waals surface area (Å²) in [6.07, 6.45) is 2.89. The van der Waals surface area contributed by atoms with Crippen LogP contribution in [0.2, 0.25) is 0 Å². The van der Waals surface area contributed by atoms with Crippen molar-refractivity contribution >= 4 is 24.0 Å². The number of rotatable bonds is 7. The van der Waals surface area contributed by atoms with Gasteiger partial charge >= 0.3 is 0 Å². The van der Waals surface area contributed by atoms with Crippen LogP contribution in [0.3, 0.4) is 0 Å². The monoisotopic (exact) mass is 419 g/mol. The number of carbonyl (C=O) groups excluding carboxylic acids is 1. The molecular weight excluding hydrogens is 398 g/mol. The molecule has 1 aliphatic heterocycles. The van der Waals surface area contributed by atoms with E-state index in [0.29, 0.717) is 18.0 Å². The van der Waals surface area contributed by atoms with Gasteiger partial charge in [-0.2, -0.15) is 0 Å². The van der Waals surface area contributed by atoms with Gasteiger partial charge in [-0.05, 0) is 43.3 Å². The maximum Gasteiger partial charge on any atom is 0.270 e. The standard InChI is InChI=1S/C20H21N3O5.ClH/c1-27-16-3-5-17(6-4-16)28-19-7-2-15(23(25)26)12-18(19)20(24)22-13-14-8-10-21-11-9-14;/h2-8,12,21H,9-11,13H2,1H3,(H,22,24);1H. The molecule has 0 fully saturated rings. The van der Waals surface area contributed by atoms with Gasteiger partial charge in [-0.3, -0.25) is 14.9 Å². The highest BCUT2D eigenvalue weighted by Crippen LogP contribution is 2.30. The highest BCUT2D eigenvalue weighted by Gasteiger charge is 2.19. The Labute approximate surface area is 174 Å². The highest BCUT2D eigenvalue weighted by molar-refractivity contribution is 5.97. The van der Waals surface area contributed by atoms with Gasteiger partial charge in [0.05, 0.1) is 17.6 Å². The number of hydrogen-bond donors (Lipinski definition) is 2. The molecule has 0 saturated heterocycles. The Balaban J connectivity index is 0.00000300. The number of ether oxygens (including phenoxy) is 2. The first kappa shape index (κ1) is 22.2. The molecule has 9 heteroatoms. The fourth-order valence-electron chi connectivity index (χ4n) is 2.79. The number of hydrogen-bond acceptors (Lipinski definition) is 6. The predicted molar refractivity (Wildman–Crippen MR) is 111 cm³/mol. The largest absolute Gasteiger partial charge is 0.497 e. The van der Waals surface area contributed by atoms with Gasteiger partial charge in [0.15, 0.2) is 0 Å². The van der Waals surface area contributed by atoms with Crippen molar-refractivity contribution in [3.05, 3.63) is 69.8 Å². The van der Waals surface area contributed by atoms with E-state index < -0.39 is 10.8 Å². The van der Waals surface area contributed by atoms with Gasteiger partial charge in [-0.25, -0.2) is 0 Å². The second-order valence-electron chi connectivity index (χ2n) is 6.21. The van der Waals surface area contributed by atoms with Crippen LogP contribution in [0, 0.1) is 10.1 Å². The van der Waals surface area contributed by atoms with E-state index in [2.05, 4.69) is 10.6 Å². The Kier molecular flexibility index (Phi) is 7.99. The molecule has 1 amide bonds. The molecule has 1 aliphatic rings. The number of halogens is 1. The zero-order chi connectivity index (χ0) is 19.9. The lowest BCUT2D eigenvalue weighted by molar-refractivity contribution is -0.384. The van der Waals surface area contributed by atoms with Crippen molar-refractivity contribution < 1.29 is 19.2 Å². The molecule has 2 aromatic carbocycles. The maximum atomic E-state index is 12.7. The molecule has 0 aromatic heterocycles. The smallest absolute Gasteiger partial charge is 0.270 e. The molecule has 154 valence electrons. The topological polar surface area (TPSA) is 103 Å². The lowest BCUT2D eigenvalue weighted by Crippen LogP contribution is -2.29. The van der Waals surface area contributed by atoms with Crippen LogP contribution >= 0.6 is 12.4 Å². The van der Waals surface area contributed by atoms with Crippen molar-refractivity contribution in [1.29, 1.82) is 0 Å². The number of methoxy groups -OCH3 is 1. The van der Waals surface area contributed by atoms with Crippen molar-refractivity contribution in [3.63, 3.8) is 0 Å². The fourth-order valence-corrected chi connectivity index (χ4v) is 2.79. The Morgan fingerprint density at radius 3 is 2.55 bits per heavy atom. The van der Waals surface area contributed by atoms with Gasteiger partial charge in [0.2, 0.25) is 0 Å². The summed E-state index contributed by atoms with van der Waals surface area (Å²) in [5.41, 5.74) is 1.06. The van der Waals surface area contributed by atoms with Crippen LogP contribution in [-0.2, 0) is 0 Å². The molecule has 0 atom stereocenters. The molecule has 0 spiro atoms. The fraction of sp³-hybridized carbons (Fsp3) is 0.250. The van der Waals surface area contributed by atoms with E-state index in [1.165, 1.54) is 18.2 Å². The molecule has 3 rings (SSSR count). The van der Waals surface area contributed by atoms with Gasteiger partial charge < -0.3 is 20.1 Å². The number of nitrogens with zero attached hydrogens (tertiary/aromatic N) is 1. The first-order valence-electron chi connectivity index (χ1n) is 8.84. The average Bonchev–Trinajstić information content (AvgIpc) is 2.73. The highest BCUT2D eigenvalue weighted by atomic mass is 35.5. The Morgan fingerprint density at radius 1 is 1.21 bits per heavy atom. The van der Waals surface area contributed by atoms with Crippen LogP contribution in [0.1, 0.15) is 16.8 Å². The Morgan fingerprint density at radius 2 is 1.93 bits per heavy atom. The SMILES string of the molecule is COc1ccc(Oc2ccc([N+](=O)[O-])cc2C(=O)NCC2=CCNCC2)cc1.Cl. The lowest BCUT2D eigenvalue weighted by atomic mass is 10.1. The third-order valence-electron chi connectivity index (χ3n) is 4.34. The summed E-state index contributed by atoms with van der Waals surface area (Å²) in [6, 6.07) is 10.8. The molecular formula is C20H22ClN3O5. The number of benzene rings is 2. The molecule has 2 N–H and O–H groups in total. The zero-order valence-electron chi connectivity index (χ0n) is 15.8. The molecule has 0 bridgehead atoms. The molecule has 29 heavy (non-hydrogen) atoms. The zero-order valence-corrected chi connectivity index (χ0v) is 16.7. The van der Waals surface area contributed by atoms with Crippen molar-refractivity contribution in [2.45, 2.75) is 6.42 Å². The Hall–Kier alpha value is -3.10. The number of nitrogens with one attached hydrogen (secondary N) is 2. The lowest BCUT2D eigenvalue weighted by Gasteiger charge is -2.15. The number of nitro benzene ring substituents is 1. The summed E-state index contributed by atoms with van der Waals surface area (Å²) in [5.74, 6) is 0.980. The van der Waals surface area contributed by atoms with E-state index in [1.807, 2.05) is 6.08 Å². The van der Waals surface area contributed by atoms with Gasteiger partial charge in [-0.15, -0.1) is 12.4 Å². The van der Waals surface area contributed by atoms with Crippen molar-refractivity contribution in [2.75, 3.05) is 26.7 Å². The van der Waals surface area contributed by atoms with Crippen LogP contribution in [-0.4, -0.2) is 37.6 Å². The summed E-state index contributed by atoms with van der Waals surface area (Å²) < 4.78 is 10.9. The molecule has 0 saturated carbocycles. The van der Waals surface area contributed by atoms with Crippen LogP contribution in [0.25, 0.3) is 0 Å². The Bertz CT molecular complexity index is 899. The summed E-state index contributed by atoms with van der Waals surface area (Å²) in [4.78, 5) is 23.3. The number of amides is 1. The quantitative estimate of drug-likeness (QED) is 0.404. The first-order valence-corrected chi connectivity index (χ1v) is 8.84. The number of nitro groups is 1. The second kappa shape index (κ2) is 10.4. The first-order chi connectivity index (χ1) is 13.6. The third-order valence-corrected chi connectivity index (χ3v) is 4.34. The molecule has 1 heterocycles. The summed E-state index contributed by atoms with van der Waals surface area (Å²) in [5, 5.41) is 17.2. The van der Waals surface area contributed by atoms with Crippen LogP contribution in [0.5, 0.6) is 17.2 Å². The van der Waals surface area contributed by atoms with Crippen LogP contribution in [0.4, 0.5) is 5.69 Å². The average molecular weight is 420 g/mol. The van der Waals surface area contributed by atoms with Crippen LogP contribution < -0.4 is 20.1 Å². The maximum absolute atomic E-state index is 12.7. The molecule has 0 aliphatic carbocycles. The molecule has 8 nitrogen and oxygen atoms in total. The van der Waals surface area contributed by atoms with Crippen molar-refractivity contribution in [2.24, 2.45) is 0 Å². The predicted octanol–water partition coefficient (Wildman–Crippen LogP) is 3.47. The summed E-state index contributed by atoms with van der Waals surface area (Å²) in [7, 11) is 1.56. The van der Waals surface area contributed by atoms with E-state index >= 15 is 0 Å².